The van der Waals surface area contributed by atoms with Crippen LogP contribution in [0.4, 0.5) is 12.9 Å². The number of rotatable bonds is 6. The predicted molar refractivity (Wildman–Crippen MR) is 74.6 cm³/mol. The molecule has 0 heterocycles. The molecule has 0 unspecified atom stereocenters. The van der Waals surface area contributed by atoms with Crippen molar-refractivity contribution in [3.8, 4) is 5.75 Å². The molecule has 108 valence electrons. The first kappa shape index (κ1) is 14.7. The molecule has 2 aromatic rings. The molecule has 2 aromatic carbocycles. The number of hydrogen-bond donors (Lipinski definition) is 0. The Balaban J connectivity index is 2.38. The van der Waals surface area contributed by atoms with Crippen LogP contribution >= 0.6 is 0 Å². The third kappa shape index (κ3) is 3.25. The van der Waals surface area contributed by atoms with Gasteiger partial charge < -0.3 is 22.4 Å². The van der Waals surface area contributed by atoms with Crippen LogP contribution in [0.2, 0.25) is 0 Å². The van der Waals surface area contributed by atoms with E-state index in [2.05, 4.69) is 0 Å². The van der Waals surface area contributed by atoms with E-state index in [0.29, 0.717) is 18.4 Å². The number of halogens is 3. The second-order valence-electron chi connectivity index (χ2n) is 4.47. The Morgan fingerprint density at radius 2 is 1.75 bits per heavy atom. The van der Waals surface area contributed by atoms with Gasteiger partial charge in [-0.05, 0) is 16.8 Å². The summed E-state index contributed by atoms with van der Waals surface area (Å²) < 4.78 is 50.1. The van der Waals surface area contributed by atoms with E-state index in [1.807, 2.05) is 0 Å². The van der Waals surface area contributed by atoms with E-state index in [4.69, 9.17) is 9.47 Å². The second-order valence-corrected chi connectivity index (χ2v) is 4.47. The zero-order valence-electron chi connectivity index (χ0n) is 11.1. The molecule has 2 nitrogen and oxygen atoms in total. The van der Waals surface area contributed by atoms with Crippen molar-refractivity contribution in [1.29, 1.82) is 0 Å². The van der Waals surface area contributed by atoms with Gasteiger partial charge in [0.1, 0.15) is 0 Å². The Hall–Kier alpha value is -1.69. The number of benzene rings is 2. The molecule has 0 N–H and O–H groups in total. The second kappa shape index (κ2) is 6.18. The summed E-state index contributed by atoms with van der Waals surface area (Å²) >= 11 is 0. The summed E-state index contributed by atoms with van der Waals surface area (Å²) in [4.78, 5) is 0. The van der Waals surface area contributed by atoms with Crippen molar-refractivity contribution in [1.82, 2.24) is 0 Å². The minimum atomic E-state index is -5.13. The molecule has 6 heteroatoms. The van der Waals surface area contributed by atoms with Crippen LogP contribution in [0.5, 0.6) is 5.75 Å². The molecule has 0 atom stereocenters. The molecule has 2 rings (SSSR count). The van der Waals surface area contributed by atoms with Crippen molar-refractivity contribution < 1.29 is 22.4 Å². The van der Waals surface area contributed by atoms with Crippen LogP contribution < -0.4 is 10.2 Å². The molecule has 0 amide bonds. The van der Waals surface area contributed by atoms with E-state index in [1.165, 1.54) is 12.1 Å². The quantitative estimate of drug-likeness (QED) is 0.598. The van der Waals surface area contributed by atoms with Crippen LogP contribution in [0.1, 0.15) is 6.42 Å². The Labute approximate surface area is 115 Å². The topological polar surface area (TPSA) is 18.5 Å². The number of fused-ring (bicyclic) bond motifs is 1. The molecule has 0 aliphatic heterocycles. The summed E-state index contributed by atoms with van der Waals surface area (Å²) in [7, 11) is 1.54. The zero-order chi connectivity index (χ0) is 14.6. The normalized spacial score (nSPS) is 11.8. The Morgan fingerprint density at radius 1 is 1.00 bits per heavy atom. The number of methoxy groups -OCH3 is 1. The van der Waals surface area contributed by atoms with Gasteiger partial charge in [-0.1, -0.05) is 35.8 Å². The van der Waals surface area contributed by atoms with Gasteiger partial charge >= 0.3 is 6.98 Å². The summed E-state index contributed by atoms with van der Waals surface area (Å²) in [5, 5.41) is 0.746. The first-order chi connectivity index (χ1) is 9.54. The minimum absolute atomic E-state index is 0.104. The third-order valence-electron chi connectivity index (χ3n) is 3.01. The van der Waals surface area contributed by atoms with Gasteiger partial charge in [0.2, 0.25) is 0 Å². The standard InChI is InChI=1S/C14H15BF3O2/c1-19-9-4-10-20-13-8-7-11-5-2-3-6-12(11)14(13)15(16,17)18/h2-3,5-8H,4,9-10H2,1H3/q-1. The molecular weight excluding hydrogens is 268 g/mol. The first-order valence-corrected chi connectivity index (χ1v) is 6.37. The lowest BCUT2D eigenvalue weighted by molar-refractivity contribution is 0.172. The van der Waals surface area contributed by atoms with E-state index in [9.17, 15) is 12.9 Å². The molecule has 0 aliphatic rings. The molecule has 0 aromatic heterocycles. The molecule has 0 radical (unpaired) electrons. The zero-order valence-corrected chi connectivity index (χ0v) is 11.1. The van der Waals surface area contributed by atoms with Crippen molar-refractivity contribution in [2.45, 2.75) is 6.42 Å². The first-order valence-electron chi connectivity index (χ1n) is 6.37. The maximum absolute atomic E-state index is 13.3. The summed E-state index contributed by atoms with van der Waals surface area (Å²) in [6, 6.07) is 9.49. The molecule has 0 aliphatic carbocycles. The van der Waals surface area contributed by atoms with Crippen molar-refractivity contribution in [2.75, 3.05) is 20.3 Å². The lowest BCUT2D eigenvalue weighted by Crippen LogP contribution is -2.36. The SMILES string of the molecule is COCCCOc1ccc2ccccc2c1[B-](F)(F)F. The fraction of sp³-hybridized carbons (Fsp3) is 0.286. The lowest BCUT2D eigenvalue weighted by Gasteiger charge is -2.22. The monoisotopic (exact) mass is 283 g/mol. The van der Waals surface area contributed by atoms with E-state index in [0.717, 1.165) is 0 Å². The van der Waals surface area contributed by atoms with Crippen molar-refractivity contribution in [2.24, 2.45) is 0 Å². The van der Waals surface area contributed by atoms with Crippen LogP contribution in [0, 0.1) is 0 Å². The molecule has 0 fully saturated rings. The van der Waals surface area contributed by atoms with E-state index in [1.54, 1.807) is 31.4 Å². The summed E-state index contributed by atoms with van der Waals surface area (Å²) in [6.45, 7) is -4.47. The highest BCUT2D eigenvalue weighted by atomic mass is 19.4. The predicted octanol–water partition coefficient (Wildman–Crippen LogP) is 3.31. The molecule has 0 saturated carbocycles. The van der Waals surface area contributed by atoms with E-state index in [-0.39, 0.29) is 17.7 Å². The fourth-order valence-electron chi connectivity index (χ4n) is 2.12. The van der Waals surface area contributed by atoms with Crippen LogP contribution in [-0.2, 0) is 4.74 Å². The van der Waals surface area contributed by atoms with Gasteiger partial charge in [0, 0.05) is 20.1 Å². The van der Waals surface area contributed by atoms with Crippen molar-refractivity contribution >= 4 is 23.2 Å². The lowest BCUT2D eigenvalue weighted by atomic mass is 9.76. The number of ether oxygens (including phenoxy) is 2. The van der Waals surface area contributed by atoms with Crippen LogP contribution in [0.15, 0.2) is 36.4 Å². The van der Waals surface area contributed by atoms with Gasteiger partial charge in [0.25, 0.3) is 0 Å². The molecule has 20 heavy (non-hydrogen) atoms. The van der Waals surface area contributed by atoms with Gasteiger partial charge in [-0.2, -0.15) is 0 Å². The van der Waals surface area contributed by atoms with Crippen molar-refractivity contribution in [3.63, 3.8) is 0 Å². The fourth-order valence-corrected chi connectivity index (χ4v) is 2.12. The van der Waals surface area contributed by atoms with Crippen LogP contribution in [0.25, 0.3) is 10.8 Å². The summed E-state index contributed by atoms with van der Waals surface area (Å²) in [5.41, 5.74) is -0.652. The maximum Gasteiger partial charge on any atom is 0.513 e. The average molecular weight is 283 g/mol. The highest BCUT2D eigenvalue weighted by Crippen LogP contribution is 2.25. The van der Waals surface area contributed by atoms with E-state index < -0.39 is 12.4 Å². The van der Waals surface area contributed by atoms with Crippen LogP contribution in [-0.4, -0.2) is 27.3 Å². The van der Waals surface area contributed by atoms with Gasteiger partial charge in [-0.15, -0.1) is 0 Å². The minimum Gasteiger partial charge on any atom is -0.496 e. The Kier molecular flexibility index (Phi) is 4.55. The smallest absolute Gasteiger partial charge is 0.496 e. The van der Waals surface area contributed by atoms with Gasteiger partial charge in [-0.25, -0.2) is 0 Å². The highest BCUT2D eigenvalue weighted by molar-refractivity contribution is 6.76. The van der Waals surface area contributed by atoms with Gasteiger partial charge in [-0.3, -0.25) is 0 Å². The maximum atomic E-state index is 13.3. The van der Waals surface area contributed by atoms with Crippen LogP contribution in [0.3, 0.4) is 0 Å². The third-order valence-corrected chi connectivity index (χ3v) is 3.01. The average Bonchev–Trinajstić information content (AvgIpc) is 2.41. The van der Waals surface area contributed by atoms with Gasteiger partial charge in [0.15, 0.2) is 0 Å². The number of hydrogen-bond acceptors (Lipinski definition) is 2. The largest absolute Gasteiger partial charge is 0.513 e. The van der Waals surface area contributed by atoms with Gasteiger partial charge in [0.05, 0.1) is 12.4 Å². The molecule has 0 spiro atoms. The molecule has 0 saturated heterocycles. The Bertz CT molecular complexity index is 584. The van der Waals surface area contributed by atoms with E-state index >= 15 is 0 Å². The summed E-state index contributed by atoms with van der Waals surface area (Å²) in [6.07, 6.45) is 0.549. The van der Waals surface area contributed by atoms with Crippen molar-refractivity contribution in [3.05, 3.63) is 36.4 Å². The highest BCUT2D eigenvalue weighted by Gasteiger charge is 2.31. The molecule has 0 bridgehead atoms. The summed E-state index contributed by atoms with van der Waals surface area (Å²) in [5.74, 6) is -0.104. The Morgan fingerprint density at radius 3 is 2.45 bits per heavy atom. The molecular formula is C14H15BF3O2-.